The van der Waals surface area contributed by atoms with Crippen molar-refractivity contribution in [2.24, 2.45) is 0 Å². The average molecular weight is 988 g/mol. The van der Waals surface area contributed by atoms with Crippen molar-refractivity contribution in [2.45, 2.75) is 103 Å². The van der Waals surface area contributed by atoms with Crippen LogP contribution in [0.4, 0.5) is 9.59 Å². The Morgan fingerprint density at radius 1 is 0.361 bits per heavy atom. The second kappa shape index (κ2) is 28.7. The Morgan fingerprint density at radius 2 is 0.590 bits per heavy atom. The third-order valence-corrected chi connectivity index (χ3v) is 13.6. The molecule has 2 aromatic rings. The first-order chi connectivity index (χ1) is 29.4. The van der Waals surface area contributed by atoms with Crippen LogP contribution >= 0.6 is 86.7 Å². The molecule has 61 heavy (non-hydrogen) atoms. The number of urea groups is 2. The van der Waals surface area contributed by atoms with Gasteiger partial charge in [0, 0.05) is 58.9 Å². The van der Waals surface area contributed by atoms with Crippen LogP contribution in [0.3, 0.4) is 0 Å². The number of carbonyl (C=O) groups is 2. The highest BCUT2D eigenvalue weighted by Crippen LogP contribution is 2.20. The van der Waals surface area contributed by atoms with Gasteiger partial charge in [-0.15, -0.1) is 0 Å². The van der Waals surface area contributed by atoms with Crippen molar-refractivity contribution in [1.82, 2.24) is 42.1 Å². The van der Waals surface area contributed by atoms with Gasteiger partial charge in [0.05, 0.1) is 0 Å². The quantitative estimate of drug-likeness (QED) is 0.0473. The summed E-state index contributed by atoms with van der Waals surface area (Å²) in [5, 5.41) is 10.7. The van der Waals surface area contributed by atoms with Gasteiger partial charge in [0.15, 0.2) is 0 Å². The van der Waals surface area contributed by atoms with Crippen molar-refractivity contribution in [1.29, 1.82) is 0 Å². The monoisotopic (exact) mass is 987 g/mol. The average Bonchev–Trinajstić information content (AvgIpc) is 3.24. The lowest BCUT2D eigenvalue weighted by Gasteiger charge is -2.44. The molecule has 1 aliphatic rings. The second-order valence-electron chi connectivity index (χ2n) is 14.1. The summed E-state index contributed by atoms with van der Waals surface area (Å²) in [4.78, 5) is 109. The Bertz CT molecular complexity index is 2000. The lowest BCUT2D eigenvalue weighted by molar-refractivity contribution is -0.0924. The maximum Gasteiger partial charge on any atom is 0.336 e. The van der Waals surface area contributed by atoms with E-state index in [4.69, 9.17) is 0 Å². The van der Waals surface area contributed by atoms with Crippen LogP contribution in [0, 0.1) is 0 Å². The molecule has 25 heteroatoms. The first kappa shape index (κ1) is 53.3. The lowest BCUT2D eigenvalue weighted by atomic mass is 10.3. The van der Waals surface area contributed by atoms with Crippen molar-refractivity contribution in [3.05, 3.63) is 62.9 Å². The van der Waals surface area contributed by atoms with Crippen LogP contribution in [-0.4, -0.2) is 137 Å². The topological polar surface area (TPSA) is 196 Å². The number of hydrogen-bond acceptors (Lipinski definition) is 16. The van der Waals surface area contributed by atoms with Crippen LogP contribution in [0.5, 0.6) is 0 Å². The van der Waals surface area contributed by atoms with Crippen molar-refractivity contribution >= 4 is 98.7 Å². The molecule has 1 saturated heterocycles. The molecule has 3 heterocycles. The third kappa shape index (κ3) is 15.0. The Labute approximate surface area is 390 Å². The van der Waals surface area contributed by atoms with Gasteiger partial charge in [0.1, 0.15) is 0 Å². The maximum absolute atomic E-state index is 13.5. The zero-order valence-electron chi connectivity index (χ0n) is 34.5. The summed E-state index contributed by atoms with van der Waals surface area (Å²) in [6, 6.07) is -1.09. The van der Waals surface area contributed by atoms with Gasteiger partial charge in [-0.2, -0.15) is 86.7 Å². The van der Waals surface area contributed by atoms with E-state index in [2.05, 4.69) is 63.1 Å². The SMILES string of the molecule is O=C1N(CCCSCCCn2c(=O)n(CCCS)c(=O)n(CCCSCCCn3c(=O)n(CCCS)c(=O)n(CCCS)c3=O)c2=O)C(=O)N(CCCS)C(O)N1CCCS. The summed E-state index contributed by atoms with van der Waals surface area (Å²) in [5.41, 5.74) is -3.93. The normalized spacial score (nSPS) is 13.6. The number of imide groups is 1. The Balaban J connectivity index is 1.57. The van der Waals surface area contributed by atoms with Crippen molar-refractivity contribution in [3.8, 4) is 0 Å². The molecule has 1 fully saturated rings. The minimum atomic E-state index is -1.34. The summed E-state index contributed by atoms with van der Waals surface area (Å²) in [7, 11) is 0. The molecule has 0 saturated carbocycles. The summed E-state index contributed by atoms with van der Waals surface area (Å²) in [5.74, 6) is 4.76. The number of hydrogen-bond donors (Lipinski definition) is 6. The molecule has 0 unspecified atom stereocenters. The first-order valence-electron chi connectivity index (χ1n) is 20.6. The smallest absolute Gasteiger partial charge is 0.336 e. The highest BCUT2D eigenvalue weighted by atomic mass is 32.2. The molecule has 0 atom stereocenters. The van der Waals surface area contributed by atoms with Crippen LogP contribution in [0.25, 0.3) is 0 Å². The molecule has 0 bridgehead atoms. The Kier molecular flexibility index (Phi) is 25.1. The van der Waals surface area contributed by atoms with Crippen molar-refractivity contribution < 1.29 is 14.7 Å². The van der Waals surface area contributed by atoms with E-state index >= 15 is 0 Å². The van der Waals surface area contributed by atoms with Gasteiger partial charge in [-0.1, -0.05) is 0 Å². The predicted molar refractivity (Wildman–Crippen MR) is 261 cm³/mol. The van der Waals surface area contributed by atoms with E-state index in [1.165, 1.54) is 21.6 Å². The molecule has 18 nitrogen and oxygen atoms in total. The maximum atomic E-state index is 13.5. The molecule has 0 spiro atoms. The van der Waals surface area contributed by atoms with Crippen LogP contribution in [0.15, 0.2) is 28.8 Å². The molecule has 1 N–H and O–H groups in total. The fourth-order valence-electron chi connectivity index (χ4n) is 6.56. The fourth-order valence-corrected chi connectivity index (χ4v) is 9.00. The largest absolute Gasteiger partial charge is 0.356 e. The van der Waals surface area contributed by atoms with E-state index in [0.717, 1.165) is 32.3 Å². The van der Waals surface area contributed by atoms with Crippen molar-refractivity contribution in [2.75, 3.05) is 71.4 Å². The number of aromatic nitrogens is 6. The molecule has 1 aliphatic heterocycles. The van der Waals surface area contributed by atoms with E-state index in [-0.39, 0.29) is 58.9 Å². The molecule has 4 amide bonds. The molecular weight excluding hydrogens is 927 g/mol. The molecule has 0 aromatic carbocycles. The molecule has 3 rings (SSSR count). The lowest BCUT2D eigenvalue weighted by Crippen LogP contribution is -2.66. The van der Waals surface area contributed by atoms with E-state index in [9.17, 15) is 43.5 Å². The van der Waals surface area contributed by atoms with Gasteiger partial charge in [-0.25, -0.2) is 70.7 Å². The van der Waals surface area contributed by atoms with Gasteiger partial charge < -0.3 is 5.11 Å². The zero-order chi connectivity index (χ0) is 44.9. The van der Waals surface area contributed by atoms with E-state index in [0.29, 0.717) is 110 Å². The van der Waals surface area contributed by atoms with Gasteiger partial charge in [0.25, 0.3) is 0 Å². The van der Waals surface area contributed by atoms with Crippen LogP contribution in [0.2, 0.25) is 0 Å². The molecular formula is C36H61N9O9S7. The fraction of sp³-hybridized carbons (Fsp3) is 0.778. The minimum absolute atomic E-state index is 0.0924. The number of thioether (sulfide) groups is 2. The molecule has 0 radical (unpaired) electrons. The number of rotatable bonds is 31. The van der Waals surface area contributed by atoms with Gasteiger partial charge in [0.2, 0.25) is 6.35 Å². The van der Waals surface area contributed by atoms with Crippen LogP contribution < -0.4 is 34.1 Å². The minimum Gasteiger partial charge on any atom is -0.356 e. The Hall–Kier alpha value is -2.03. The zero-order valence-corrected chi connectivity index (χ0v) is 40.6. The number of amides is 4. The summed E-state index contributed by atoms with van der Waals surface area (Å²) >= 11 is 24.1. The number of carbonyl (C=O) groups excluding carboxylic acids is 2. The second-order valence-corrected chi connectivity index (χ2v) is 18.8. The number of thiol groups is 5. The number of nitrogens with zero attached hydrogens (tertiary/aromatic N) is 9. The third-order valence-electron chi connectivity index (χ3n) is 9.70. The van der Waals surface area contributed by atoms with Crippen molar-refractivity contribution in [3.63, 3.8) is 0 Å². The highest BCUT2D eigenvalue weighted by molar-refractivity contribution is 7.99. The molecule has 2 aromatic heterocycles. The van der Waals surface area contributed by atoms with Crippen LogP contribution in [0.1, 0.15) is 57.8 Å². The predicted octanol–water partition coefficient (Wildman–Crippen LogP) is 1.42. The molecule has 0 aliphatic carbocycles. The summed E-state index contributed by atoms with van der Waals surface area (Å²) < 4.78 is 6.54. The van der Waals surface area contributed by atoms with E-state index in [1.54, 1.807) is 11.8 Å². The summed E-state index contributed by atoms with van der Waals surface area (Å²) in [6.45, 7) is 1.43. The first-order valence-corrected chi connectivity index (χ1v) is 26.0. The van der Waals surface area contributed by atoms with E-state index < -0.39 is 52.6 Å². The van der Waals surface area contributed by atoms with Gasteiger partial charge >= 0.3 is 46.2 Å². The van der Waals surface area contributed by atoms with Gasteiger partial charge in [-0.3, -0.25) is 9.80 Å². The summed E-state index contributed by atoms with van der Waals surface area (Å²) in [6.07, 6.45) is 3.09. The molecule has 346 valence electrons. The number of aliphatic hydroxyl groups excluding tert-OH is 1. The van der Waals surface area contributed by atoms with Gasteiger partial charge in [-0.05, 0) is 110 Å². The standard InChI is InChI=1S/C36H61N9O9S7/c46-28-37(10-1-19-55)30(48)42(31(49)38(28)11-2-20-56)15-6-24-60-26-8-17-44-34(52)41(14-5-23-59)35(53)45(36(44)54)18-9-27-61-25-7-16-43-32(50)39(12-3-21-57)29(47)40(33(43)51)13-4-22-58/h28,46,55-59H,1-27H2. The Morgan fingerprint density at radius 3 is 0.852 bits per heavy atom. The van der Waals surface area contributed by atoms with Crippen LogP contribution in [-0.2, 0) is 39.3 Å². The number of aliphatic hydroxyl groups is 1. The van der Waals surface area contributed by atoms with E-state index in [1.807, 2.05) is 0 Å². The highest BCUT2D eigenvalue weighted by Gasteiger charge is 2.42.